The zero-order valence-electron chi connectivity index (χ0n) is 9.21. The van der Waals surface area contributed by atoms with E-state index in [0.29, 0.717) is 6.61 Å². The minimum atomic E-state index is -1.00. The summed E-state index contributed by atoms with van der Waals surface area (Å²) in [5.74, 6) is -0.238. The fraction of sp³-hybridized carbons (Fsp3) is 0.167. The van der Waals surface area contributed by atoms with Crippen molar-refractivity contribution in [3.05, 3.63) is 45.9 Å². The molecule has 0 aliphatic carbocycles. The summed E-state index contributed by atoms with van der Waals surface area (Å²) >= 11 is 1.13. The maximum atomic E-state index is 10.6. The smallest absolute Gasteiger partial charge is 0.365 e. The molecule has 1 aromatic heterocycles. The first-order valence-corrected chi connectivity index (χ1v) is 5.84. The third kappa shape index (κ3) is 3.04. The number of hydrogen-bond acceptors (Lipinski definition) is 4. The maximum Gasteiger partial charge on any atom is 0.365 e. The van der Waals surface area contributed by atoms with Gasteiger partial charge in [-0.2, -0.15) is 0 Å². The van der Waals surface area contributed by atoms with Crippen molar-refractivity contribution in [2.24, 2.45) is 0 Å². The molecule has 1 aromatic carbocycles. The van der Waals surface area contributed by atoms with Crippen molar-refractivity contribution in [1.82, 2.24) is 4.98 Å². The molecule has 0 saturated heterocycles. The van der Waals surface area contributed by atoms with Crippen LogP contribution >= 0.6 is 11.3 Å². The number of aromatic nitrogens is 1. The number of hydrogen-bond donors (Lipinski definition) is 1. The lowest BCUT2D eigenvalue weighted by molar-refractivity contribution is 0.0696. The van der Waals surface area contributed by atoms with E-state index >= 15 is 0 Å². The van der Waals surface area contributed by atoms with Crippen LogP contribution in [-0.2, 0) is 6.61 Å². The van der Waals surface area contributed by atoms with Crippen LogP contribution in [0.25, 0.3) is 0 Å². The molecule has 2 rings (SSSR count). The van der Waals surface area contributed by atoms with Gasteiger partial charge in [0.2, 0.25) is 5.01 Å². The highest BCUT2D eigenvalue weighted by Crippen LogP contribution is 2.17. The largest absolute Gasteiger partial charge is 0.488 e. The molecule has 1 N–H and O–H groups in total. The number of ether oxygens (including phenoxy) is 1. The normalized spacial score (nSPS) is 10.2. The first kappa shape index (κ1) is 11.6. The Morgan fingerprint density at radius 1 is 1.41 bits per heavy atom. The molecule has 88 valence electrons. The van der Waals surface area contributed by atoms with Crippen LogP contribution in [0.15, 0.2) is 30.5 Å². The quantitative estimate of drug-likeness (QED) is 0.905. The second kappa shape index (κ2) is 4.97. The van der Waals surface area contributed by atoms with Crippen LogP contribution in [0.4, 0.5) is 0 Å². The van der Waals surface area contributed by atoms with Crippen LogP contribution in [0.5, 0.6) is 5.75 Å². The van der Waals surface area contributed by atoms with Crippen LogP contribution in [0, 0.1) is 6.92 Å². The average molecular weight is 249 g/mol. The van der Waals surface area contributed by atoms with Gasteiger partial charge in [0.05, 0.1) is 4.88 Å². The molecule has 0 aliphatic heterocycles. The van der Waals surface area contributed by atoms with Gasteiger partial charge in [-0.05, 0) is 19.1 Å². The molecule has 0 spiro atoms. The van der Waals surface area contributed by atoms with Gasteiger partial charge >= 0.3 is 5.97 Å². The van der Waals surface area contributed by atoms with Gasteiger partial charge in [0, 0.05) is 6.20 Å². The summed E-state index contributed by atoms with van der Waals surface area (Å²) in [5, 5.41) is 8.81. The third-order valence-corrected chi connectivity index (χ3v) is 3.10. The Bertz CT molecular complexity index is 519. The monoisotopic (exact) mass is 249 g/mol. The van der Waals surface area contributed by atoms with E-state index in [2.05, 4.69) is 4.98 Å². The van der Waals surface area contributed by atoms with Crippen LogP contribution < -0.4 is 4.74 Å². The van der Waals surface area contributed by atoms with E-state index in [1.165, 1.54) is 11.8 Å². The SMILES string of the molecule is Cc1ccc(OCc2cnc(C(=O)O)s2)cc1. The van der Waals surface area contributed by atoms with Crippen molar-refractivity contribution >= 4 is 17.3 Å². The molecule has 0 radical (unpaired) electrons. The summed E-state index contributed by atoms with van der Waals surface area (Å²) in [4.78, 5) is 15.2. The van der Waals surface area contributed by atoms with Gasteiger partial charge in [-0.1, -0.05) is 17.7 Å². The van der Waals surface area contributed by atoms with Crippen molar-refractivity contribution in [3.63, 3.8) is 0 Å². The maximum absolute atomic E-state index is 10.6. The molecule has 0 fully saturated rings. The molecular formula is C12H11NO3S. The molecule has 0 bridgehead atoms. The first-order valence-electron chi connectivity index (χ1n) is 5.02. The predicted octanol–water partition coefficient (Wildman–Crippen LogP) is 2.73. The van der Waals surface area contributed by atoms with Gasteiger partial charge in [-0.15, -0.1) is 11.3 Å². The number of carbonyl (C=O) groups is 1. The Morgan fingerprint density at radius 2 is 2.12 bits per heavy atom. The van der Waals surface area contributed by atoms with Crippen molar-refractivity contribution < 1.29 is 14.6 Å². The highest BCUT2D eigenvalue weighted by atomic mass is 32.1. The number of nitrogens with zero attached hydrogens (tertiary/aromatic N) is 1. The molecule has 17 heavy (non-hydrogen) atoms. The topological polar surface area (TPSA) is 59.4 Å². The molecule has 4 nitrogen and oxygen atoms in total. The minimum absolute atomic E-state index is 0.0903. The number of thiazole rings is 1. The Kier molecular flexibility index (Phi) is 3.39. The second-order valence-electron chi connectivity index (χ2n) is 3.54. The van der Waals surface area contributed by atoms with Crippen LogP contribution in [-0.4, -0.2) is 16.1 Å². The lowest BCUT2D eigenvalue weighted by atomic mass is 10.2. The molecule has 0 atom stereocenters. The molecule has 5 heteroatoms. The molecule has 0 aliphatic rings. The van der Waals surface area contributed by atoms with Crippen molar-refractivity contribution in [2.75, 3.05) is 0 Å². The summed E-state index contributed by atoms with van der Waals surface area (Å²) in [6.45, 7) is 2.35. The van der Waals surface area contributed by atoms with Gasteiger partial charge in [-0.3, -0.25) is 0 Å². The highest BCUT2D eigenvalue weighted by Gasteiger charge is 2.08. The first-order chi connectivity index (χ1) is 8.15. The van der Waals surface area contributed by atoms with E-state index in [4.69, 9.17) is 9.84 Å². The van der Waals surface area contributed by atoms with Gasteiger partial charge < -0.3 is 9.84 Å². The third-order valence-electron chi connectivity index (χ3n) is 2.14. The van der Waals surface area contributed by atoms with Crippen molar-refractivity contribution in [3.8, 4) is 5.75 Å². The predicted molar refractivity (Wildman–Crippen MR) is 64.6 cm³/mol. The molecular weight excluding hydrogens is 238 g/mol. The highest BCUT2D eigenvalue weighted by molar-refractivity contribution is 7.13. The lowest BCUT2D eigenvalue weighted by Crippen LogP contribution is -1.93. The van der Waals surface area contributed by atoms with E-state index in [1.54, 1.807) is 0 Å². The molecule has 0 unspecified atom stereocenters. The average Bonchev–Trinajstić information content (AvgIpc) is 2.77. The fourth-order valence-corrected chi connectivity index (χ4v) is 1.93. The van der Waals surface area contributed by atoms with E-state index in [1.807, 2.05) is 31.2 Å². The Labute approximate surface area is 103 Å². The fourth-order valence-electron chi connectivity index (χ4n) is 1.26. The van der Waals surface area contributed by atoms with Gasteiger partial charge in [-0.25, -0.2) is 9.78 Å². The van der Waals surface area contributed by atoms with E-state index in [9.17, 15) is 4.79 Å². The van der Waals surface area contributed by atoms with E-state index < -0.39 is 5.97 Å². The van der Waals surface area contributed by atoms with Crippen molar-refractivity contribution in [2.45, 2.75) is 13.5 Å². The van der Waals surface area contributed by atoms with Crippen molar-refractivity contribution in [1.29, 1.82) is 0 Å². The minimum Gasteiger partial charge on any atom is -0.488 e. The number of carboxylic acids is 1. The summed E-state index contributed by atoms with van der Waals surface area (Å²) in [7, 11) is 0. The zero-order valence-corrected chi connectivity index (χ0v) is 10.0. The Hall–Kier alpha value is -1.88. The summed E-state index contributed by atoms with van der Waals surface area (Å²) in [6.07, 6.45) is 1.53. The number of carboxylic acid groups (broad SMARTS) is 1. The molecule has 0 amide bonds. The number of rotatable bonds is 4. The zero-order chi connectivity index (χ0) is 12.3. The number of benzene rings is 1. The van der Waals surface area contributed by atoms with Gasteiger partial charge in [0.15, 0.2) is 0 Å². The van der Waals surface area contributed by atoms with E-state index in [0.717, 1.165) is 22.0 Å². The second-order valence-corrected chi connectivity index (χ2v) is 4.65. The van der Waals surface area contributed by atoms with Gasteiger partial charge in [0.25, 0.3) is 0 Å². The summed E-state index contributed by atoms with van der Waals surface area (Å²) in [6, 6.07) is 7.69. The van der Waals surface area contributed by atoms with Crippen LogP contribution in [0.1, 0.15) is 20.2 Å². The molecule has 2 aromatic rings. The molecule has 1 heterocycles. The summed E-state index contributed by atoms with van der Waals surface area (Å²) in [5.41, 5.74) is 1.17. The Morgan fingerprint density at radius 3 is 2.71 bits per heavy atom. The molecule has 0 saturated carbocycles. The lowest BCUT2D eigenvalue weighted by Gasteiger charge is -2.03. The van der Waals surface area contributed by atoms with E-state index in [-0.39, 0.29) is 5.01 Å². The number of aryl methyl sites for hydroxylation is 1. The standard InChI is InChI=1S/C12H11NO3S/c1-8-2-4-9(5-3-8)16-7-10-6-13-11(17-10)12(14)15/h2-6H,7H2,1H3,(H,14,15). The van der Waals surface area contributed by atoms with Gasteiger partial charge in [0.1, 0.15) is 12.4 Å². The Balaban J connectivity index is 1.97. The van der Waals surface area contributed by atoms with Crippen LogP contribution in [0.2, 0.25) is 0 Å². The number of aromatic carboxylic acids is 1. The summed E-state index contributed by atoms with van der Waals surface area (Å²) < 4.78 is 5.52. The van der Waals surface area contributed by atoms with Crippen LogP contribution in [0.3, 0.4) is 0 Å².